The molecule has 0 aromatic carbocycles. The maximum atomic E-state index is 5.06. The van der Waals surface area contributed by atoms with Crippen molar-refractivity contribution in [3.63, 3.8) is 0 Å². The molecule has 7 heteroatoms. The minimum Gasteiger partial charge on any atom is -0.327 e. The van der Waals surface area contributed by atoms with Crippen molar-refractivity contribution in [2.24, 2.45) is 0 Å². The third-order valence-electron chi connectivity index (χ3n) is 1.95. The molecular formula is C8H7IN4S2. The highest BCUT2D eigenvalue weighted by Gasteiger charge is 2.10. The van der Waals surface area contributed by atoms with Gasteiger partial charge in [0.1, 0.15) is 5.69 Å². The summed E-state index contributed by atoms with van der Waals surface area (Å²) in [5.74, 6) is 0.631. The fourth-order valence-corrected chi connectivity index (χ4v) is 1.84. The highest BCUT2D eigenvalue weighted by atomic mass is 127. The molecule has 0 atom stereocenters. The van der Waals surface area contributed by atoms with Crippen LogP contribution in [0.2, 0.25) is 0 Å². The molecular weight excluding hydrogens is 343 g/mol. The first-order valence-corrected chi connectivity index (χ1v) is 5.97. The van der Waals surface area contributed by atoms with Gasteiger partial charge in [-0.15, -0.1) is 0 Å². The van der Waals surface area contributed by atoms with Crippen LogP contribution in [0.4, 0.5) is 0 Å². The molecule has 1 N–H and O–H groups in total. The van der Waals surface area contributed by atoms with Crippen molar-refractivity contribution in [1.82, 2.24) is 18.9 Å². The molecule has 2 aromatic heterocycles. The van der Waals surface area contributed by atoms with Crippen LogP contribution < -0.4 is 0 Å². The van der Waals surface area contributed by atoms with E-state index in [0.717, 1.165) is 15.0 Å². The van der Waals surface area contributed by atoms with Gasteiger partial charge in [0.05, 0.1) is 5.69 Å². The van der Waals surface area contributed by atoms with Crippen LogP contribution in [0, 0.1) is 15.3 Å². The first-order valence-electron chi connectivity index (χ1n) is 4.08. The summed E-state index contributed by atoms with van der Waals surface area (Å²) in [6.07, 6.45) is 3.52. The molecule has 0 aliphatic rings. The van der Waals surface area contributed by atoms with Crippen LogP contribution in [0.15, 0.2) is 12.4 Å². The van der Waals surface area contributed by atoms with Gasteiger partial charge in [-0.3, -0.25) is 3.97 Å². The van der Waals surface area contributed by atoms with Crippen LogP contribution in [0.3, 0.4) is 0 Å². The van der Waals surface area contributed by atoms with Gasteiger partial charge < -0.3 is 4.98 Å². The van der Waals surface area contributed by atoms with Crippen molar-refractivity contribution in [3.8, 4) is 11.5 Å². The number of rotatable bonds is 1. The van der Waals surface area contributed by atoms with Gasteiger partial charge in [0.15, 0.2) is 10.6 Å². The van der Waals surface area contributed by atoms with Crippen molar-refractivity contribution in [3.05, 3.63) is 26.4 Å². The van der Waals surface area contributed by atoms with Gasteiger partial charge in [0, 0.05) is 16.0 Å². The molecule has 15 heavy (non-hydrogen) atoms. The highest BCUT2D eigenvalue weighted by molar-refractivity contribution is 14.1. The van der Waals surface area contributed by atoms with E-state index in [1.54, 1.807) is 16.4 Å². The molecule has 4 nitrogen and oxygen atoms in total. The number of nitrogens with zero attached hydrogens (tertiary/aromatic N) is 3. The third-order valence-corrected chi connectivity index (χ3v) is 3.42. The largest absolute Gasteiger partial charge is 0.327 e. The average molecular weight is 350 g/mol. The van der Waals surface area contributed by atoms with E-state index >= 15 is 0 Å². The van der Waals surface area contributed by atoms with Gasteiger partial charge in [-0.25, -0.2) is 9.97 Å². The van der Waals surface area contributed by atoms with E-state index in [0.29, 0.717) is 10.6 Å². The second kappa shape index (κ2) is 4.22. The molecule has 2 aromatic rings. The zero-order valence-electron chi connectivity index (χ0n) is 7.73. The predicted octanol–water partition coefficient (Wildman–Crippen LogP) is 2.61. The number of aromatic nitrogens is 4. The molecule has 0 saturated carbocycles. The topological polar surface area (TPSA) is 46.5 Å². The van der Waals surface area contributed by atoms with Gasteiger partial charge in [-0.05, 0) is 41.7 Å². The molecule has 2 heterocycles. The number of thiol groups is 1. The van der Waals surface area contributed by atoms with Gasteiger partial charge >= 0.3 is 0 Å². The van der Waals surface area contributed by atoms with E-state index in [9.17, 15) is 0 Å². The summed E-state index contributed by atoms with van der Waals surface area (Å²) < 4.78 is 3.15. The molecule has 0 aliphatic carbocycles. The van der Waals surface area contributed by atoms with E-state index < -0.39 is 0 Å². The SMILES string of the molecule is Cc1c(-c2ncc(I)cn2)[nH]c(=S)n1S. The molecule has 0 amide bonds. The second-order valence-electron chi connectivity index (χ2n) is 2.93. The number of hydrogen-bond acceptors (Lipinski definition) is 4. The molecule has 0 radical (unpaired) electrons. The Morgan fingerprint density at radius 2 is 2.07 bits per heavy atom. The van der Waals surface area contributed by atoms with Crippen molar-refractivity contribution >= 4 is 47.6 Å². The van der Waals surface area contributed by atoms with Crippen molar-refractivity contribution in [2.45, 2.75) is 6.92 Å². The number of H-pyrrole nitrogens is 1. The Balaban J connectivity index is 2.59. The summed E-state index contributed by atoms with van der Waals surface area (Å²) in [6.45, 7) is 1.91. The zero-order chi connectivity index (χ0) is 11.0. The minimum absolute atomic E-state index is 0.549. The van der Waals surface area contributed by atoms with Crippen LogP contribution in [-0.4, -0.2) is 18.9 Å². The van der Waals surface area contributed by atoms with Gasteiger partial charge in [0.2, 0.25) is 0 Å². The molecule has 0 fully saturated rings. The number of halogens is 1. The van der Waals surface area contributed by atoms with Crippen molar-refractivity contribution in [1.29, 1.82) is 0 Å². The van der Waals surface area contributed by atoms with Crippen LogP contribution >= 0.6 is 47.6 Å². The van der Waals surface area contributed by atoms with Gasteiger partial charge in [-0.1, -0.05) is 12.8 Å². The van der Waals surface area contributed by atoms with E-state index in [4.69, 9.17) is 12.2 Å². The summed E-state index contributed by atoms with van der Waals surface area (Å²) in [5, 5.41) is 0. The monoisotopic (exact) mass is 350 g/mol. The van der Waals surface area contributed by atoms with E-state index in [1.165, 1.54) is 0 Å². The highest BCUT2D eigenvalue weighted by Crippen LogP contribution is 2.19. The first kappa shape index (κ1) is 11.1. The fraction of sp³-hybridized carbons (Fsp3) is 0.125. The Labute approximate surface area is 111 Å². The Bertz CT molecular complexity index is 543. The van der Waals surface area contributed by atoms with Crippen LogP contribution in [0.25, 0.3) is 11.5 Å². The molecule has 0 spiro atoms. The fourth-order valence-electron chi connectivity index (χ4n) is 1.17. The number of aromatic amines is 1. The van der Waals surface area contributed by atoms with E-state index in [-0.39, 0.29) is 0 Å². The summed E-state index contributed by atoms with van der Waals surface area (Å²) in [6, 6.07) is 0. The number of imidazole rings is 1. The van der Waals surface area contributed by atoms with Crippen molar-refractivity contribution < 1.29 is 0 Å². The Morgan fingerprint density at radius 3 is 2.53 bits per heavy atom. The molecule has 0 saturated heterocycles. The first-order chi connectivity index (χ1) is 7.09. The lowest BCUT2D eigenvalue weighted by Crippen LogP contribution is -1.91. The molecule has 0 aliphatic heterocycles. The van der Waals surface area contributed by atoms with Gasteiger partial charge in [0.25, 0.3) is 0 Å². The summed E-state index contributed by atoms with van der Waals surface area (Å²) in [4.78, 5) is 11.5. The number of nitrogens with one attached hydrogen (secondary N) is 1. The standard InChI is InChI=1S/C8H7IN4S2/c1-4-6(12-8(14)13(4)15)7-10-2-5(9)3-11-7/h2-3,15H,1H3,(H,12,14). The average Bonchev–Trinajstić information content (AvgIpc) is 2.47. The van der Waals surface area contributed by atoms with Crippen LogP contribution in [0.5, 0.6) is 0 Å². The third kappa shape index (κ3) is 2.08. The molecule has 78 valence electrons. The Kier molecular flexibility index (Phi) is 3.12. The van der Waals surface area contributed by atoms with Crippen molar-refractivity contribution in [2.75, 3.05) is 0 Å². The smallest absolute Gasteiger partial charge is 0.188 e. The lowest BCUT2D eigenvalue weighted by Gasteiger charge is -1.98. The summed E-state index contributed by atoms with van der Waals surface area (Å²) in [7, 11) is 0. The van der Waals surface area contributed by atoms with E-state index in [2.05, 4.69) is 50.4 Å². The second-order valence-corrected chi connectivity index (χ2v) is 4.96. The maximum absolute atomic E-state index is 5.06. The summed E-state index contributed by atoms with van der Waals surface area (Å²) >= 11 is 11.4. The van der Waals surface area contributed by atoms with E-state index in [1.807, 2.05) is 6.92 Å². The maximum Gasteiger partial charge on any atom is 0.188 e. The molecule has 2 rings (SSSR count). The van der Waals surface area contributed by atoms with Gasteiger partial charge in [-0.2, -0.15) is 0 Å². The quantitative estimate of drug-likeness (QED) is 0.472. The lowest BCUT2D eigenvalue weighted by molar-refractivity contribution is 1.13. The predicted molar refractivity (Wildman–Crippen MR) is 72.5 cm³/mol. The normalized spacial score (nSPS) is 10.6. The zero-order valence-corrected chi connectivity index (χ0v) is 11.6. The van der Waals surface area contributed by atoms with Crippen LogP contribution in [-0.2, 0) is 0 Å². The Morgan fingerprint density at radius 1 is 1.47 bits per heavy atom. The molecule has 0 bridgehead atoms. The summed E-state index contributed by atoms with van der Waals surface area (Å²) in [5.41, 5.74) is 1.72. The lowest BCUT2D eigenvalue weighted by atomic mass is 10.3. The molecule has 0 unspecified atom stereocenters. The van der Waals surface area contributed by atoms with Crippen LogP contribution in [0.1, 0.15) is 5.69 Å². The number of hydrogen-bond donors (Lipinski definition) is 2. The Hall–Kier alpha value is -0.410. The minimum atomic E-state index is 0.549.